The van der Waals surface area contributed by atoms with Crippen LogP contribution in [0.15, 0.2) is 54.6 Å². The molecule has 0 unspecified atom stereocenters. The van der Waals surface area contributed by atoms with Crippen molar-refractivity contribution in [1.29, 1.82) is 0 Å². The van der Waals surface area contributed by atoms with E-state index >= 15 is 0 Å². The number of hydrogen-bond acceptors (Lipinski definition) is 3. The van der Waals surface area contributed by atoms with E-state index in [1.165, 1.54) is 31.2 Å². The van der Waals surface area contributed by atoms with Crippen molar-refractivity contribution in [3.63, 3.8) is 0 Å². The number of para-hydroxylation sites is 1. The number of nitrogens with zero attached hydrogens (tertiary/aromatic N) is 1. The van der Waals surface area contributed by atoms with Crippen molar-refractivity contribution in [2.45, 2.75) is 50.1 Å². The molecule has 2 aromatic rings. The fraction of sp³-hybridized carbons (Fsp3) is 0.435. The first-order chi connectivity index (χ1) is 13.2. The number of primary amides is 1. The Labute approximate surface area is 161 Å². The van der Waals surface area contributed by atoms with E-state index in [0.29, 0.717) is 23.6 Å². The number of ether oxygens (including phenoxy) is 1. The lowest BCUT2D eigenvalue weighted by Gasteiger charge is -2.39. The third-order valence-electron chi connectivity index (χ3n) is 6.10. The first kappa shape index (κ1) is 18.1. The summed E-state index contributed by atoms with van der Waals surface area (Å²) in [5.41, 5.74) is 7.35. The van der Waals surface area contributed by atoms with Crippen LogP contribution in [0.5, 0.6) is 5.75 Å². The summed E-state index contributed by atoms with van der Waals surface area (Å²) in [6.07, 6.45) is 5.99. The second-order valence-electron chi connectivity index (χ2n) is 7.80. The van der Waals surface area contributed by atoms with E-state index in [-0.39, 0.29) is 5.91 Å². The number of carbonyl (C=O) groups is 1. The quantitative estimate of drug-likeness (QED) is 0.757. The van der Waals surface area contributed by atoms with Crippen molar-refractivity contribution in [3.8, 4) is 5.75 Å². The van der Waals surface area contributed by atoms with Crippen LogP contribution in [-0.4, -0.2) is 36.0 Å². The van der Waals surface area contributed by atoms with Crippen molar-refractivity contribution in [3.05, 3.63) is 65.7 Å². The summed E-state index contributed by atoms with van der Waals surface area (Å²) in [6, 6.07) is 19.3. The third-order valence-corrected chi connectivity index (χ3v) is 6.10. The van der Waals surface area contributed by atoms with E-state index in [2.05, 4.69) is 11.0 Å². The molecule has 2 bridgehead atoms. The number of benzene rings is 2. The first-order valence-electron chi connectivity index (χ1n) is 10.0. The Morgan fingerprint density at radius 3 is 2.48 bits per heavy atom. The molecule has 4 heteroatoms. The molecule has 4 nitrogen and oxygen atoms in total. The molecule has 0 aliphatic carbocycles. The molecule has 2 aliphatic rings. The highest BCUT2D eigenvalue weighted by Crippen LogP contribution is 2.43. The zero-order chi connectivity index (χ0) is 18.6. The van der Waals surface area contributed by atoms with Gasteiger partial charge in [0, 0.05) is 24.2 Å². The van der Waals surface area contributed by atoms with Gasteiger partial charge >= 0.3 is 0 Å². The summed E-state index contributed by atoms with van der Waals surface area (Å²) in [4.78, 5) is 14.2. The van der Waals surface area contributed by atoms with Gasteiger partial charge in [-0.1, -0.05) is 30.3 Å². The zero-order valence-electron chi connectivity index (χ0n) is 15.7. The smallest absolute Gasteiger partial charge is 0.248 e. The van der Waals surface area contributed by atoms with Gasteiger partial charge in [-0.05, 0) is 67.9 Å². The van der Waals surface area contributed by atoms with Crippen molar-refractivity contribution in [1.82, 2.24) is 4.90 Å². The number of piperidine rings is 1. The molecule has 2 aliphatic heterocycles. The third kappa shape index (κ3) is 4.16. The predicted molar refractivity (Wildman–Crippen MR) is 107 cm³/mol. The van der Waals surface area contributed by atoms with Crippen LogP contribution in [0.3, 0.4) is 0 Å². The van der Waals surface area contributed by atoms with Crippen LogP contribution < -0.4 is 10.5 Å². The molecule has 2 aromatic carbocycles. The first-order valence-corrected chi connectivity index (χ1v) is 10.0. The molecule has 0 saturated carbocycles. The second kappa shape index (κ2) is 8.13. The van der Waals surface area contributed by atoms with Gasteiger partial charge in [-0.2, -0.15) is 0 Å². The second-order valence-corrected chi connectivity index (χ2v) is 7.80. The lowest BCUT2D eigenvalue weighted by Crippen LogP contribution is -2.43. The molecule has 142 valence electrons. The molecule has 2 saturated heterocycles. The zero-order valence-corrected chi connectivity index (χ0v) is 15.7. The van der Waals surface area contributed by atoms with Crippen molar-refractivity contribution < 1.29 is 9.53 Å². The van der Waals surface area contributed by atoms with E-state index in [4.69, 9.17) is 10.5 Å². The molecule has 0 radical (unpaired) electrons. The van der Waals surface area contributed by atoms with Crippen LogP contribution in [0.25, 0.3) is 0 Å². The Kier molecular flexibility index (Phi) is 5.44. The van der Waals surface area contributed by atoms with Crippen LogP contribution >= 0.6 is 0 Å². The van der Waals surface area contributed by atoms with Crippen LogP contribution in [-0.2, 0) is 0 Å². The lowest BCUT2D eigenvalue weighted by atomic mass is 9.84. The normalized spacial score (nSPS) is 24.7. The van der Waals surface area contributed by atoms with Crippen LogP contribution in [0.1, 0.15) is 53.9 Å². The van der Waals surface area contributed by atoms with Crippen LogP contribution in [0, 0.1) is 0 Å². The Balaban J connectivity index is 1.31. The maximum Gasteiger partial charge on any atom is 0.248 e. The average molecular weight is 364 g/mol. The Hall–Kier alpha value is -2.33. The molecule has 1 amide bonds. The lowest BCUT2D eigenvalue weighted by molar-refractivity contribution is 0.1000. The maximum atomic E-state index is 11.5. The van der Waals surface area contributed by atoms with Gasteiger partial charge in [-0.3, -0.25) is 9.69 Å². The molecule has 0 aromatic heterocycles. The highest BCUT2D eigenvalue weighted by atomic mass is 16.5. The standard InChI is InChI=1S/C23H28N2O2/c24-23(26)18-7-4-6-17(14-18)19-15-20-10-11-21(16-19)25(20)12-5-13-27-22-8-2-1-3-9-22/h1-4,6-9,14,19-21H,5,10-13,15-16H2,(H2,24,26)/t20-,21-/m1/s1. The van der Waals surface area contributed by atoms with Gasteiger partial charge in [0.05, 0.1) is 6.61 Å². The number of hydrogen-bond donors (Lipinski definition) is 1. The summed E-state index contributed by atoms with van der Waals surface area (Å²) in [7, 11) is 0. The van der Waals surface area contributed by atoms with Crippen LogP contribution in [0.4, 0.5) is 0 Å². The van der Waals surface area contributed by atoms with Gasteiger partial charge in [-0.25, -0.2) is 0 Å². The number of rotatable bonds is 7. The van der Waals surface area contributed by atoms with Gasteiger partial charge in [0.15, 0.2) is 0 Å². The van der Waals surface area contributed by atoms with Gasteiger partial charge in [0.1, 0.15) is 5.75 Å². The number of nitrogens with two attached hydrogens (primary N) is 1. The Bertz CT molecular complexity index is 763. The minimum atomic E-state index is -0.337. The SMILES string of the molecule is NC(=O)c1cccc(C2C[C@H]3CC[C@H](C2)N3CCCOc2ccccc2)c1. The molecule has 4 rings (SSSR count). The summed E-state index contributed by atoms with van der Waals surface area (Å²) < 4.78 is 5.84. The molecule has 0 spiro atoms. The van der Waals surface area contributed by atoms with Crippen molar-refractivity contribution in [2.24, 2.45) is 5.73 Å². The number of fused-ring (bicyclic) bond motifs is 2. The highest BCUT2D eigenvalue weighted by molar-refractivity contribution is 5.92. The van der Waals surface area contributed by atoms with Gasteiger partial charge in [0.2, 0.25) is 5.91 Å². The molecular formula is C23H28N2O2. The van der Waals surface area contributed by atoms with Gasteiger partial charge in [-0.15, -0.1) is 0 Å². The van der Waals surface area contributed by atoms with Crippen molar-refractivity contribution >= 4 is 5.91 Å². The maximum absolute atomic E-state index is 11.5. The molecule has 27 heavy (non-hydrogen) atoms. The van der Waals surface area contributed by atoms with E-state index in [1.807, 2.05) is 48.5 Å². The summed E-state index contributed by atoms with van der Waals surface area (Å²) in [5.74, 6) is 1.16. The average Bonchev–Trinajstić information content (AvgIpc) is 2.93. The number of carbonyl (C=O) groups excluding carboxylic acids is 1. The topological polar surface area (TPSA) is 55.6 Å². The molecule has 2 heterocycles. The minimum absolute atomic E-state index is 0.337. The fourth-order valence-electron chi connectivity index (χ4n) is 4.81. The Morgan fingerprint density at radius 1 is 1.04 bits per heavy atom. The molecule has 2 fully saturated rings. The van der Waals surface area contributed by atoms with Crippen molar-refractivity contribution in [2.75, 3.05) is 13.2 Å². The van der Waals surface area contributed by atoms with E-state index in [0.717, 1.165) is 25.3 Å². The van der Waals surface area contributed by atoms with E-state index in [9.17, 15) is 4.79 Å². The summed E-state index contributed by atoms with van der Waals surface area (Å²) in [5, 5.41) is 0. The number of amides is 1. The largest absolute Gasteiger partial charge is 0.494 e. The van der Waals surface area contributed by atoms with Gasteiger partial charge in [0.25, 0.3) is 0 Å². The molecule has 2 atom stereocenters. The van der Waals surface area contributed by atoms with Crippen LogP contribution in [0.2, 0.25) is 0 Å². The summed E-state index contributed by atoms with van der Waals surface area (Å²) >= 11 is 0. The minimum Gasteiger partial charge on any atom is -0.494 e. The van der Waals surface area contributed by atoms with E-state index < -0.39 is 0 Å². The Morgan fingerprint density at radius 2 is 1.78 bits per heavy atom. The molecule has 2 N–H and O–H groups in total. The fourth-order valence-corrected chi connectivity index (χ4v) is 4.81. The van der Waals surface area contributed by atoms with E-state index in [1.54, 1.807) is 0 Å². The predicted octanol–water partition coefficient (Wildman–Crippen LogP) is 3.97. The highest BCUT2D eigenvalue weighted by Gasteiger charge is 2.40. The monoisotopic (exact) mass is 364 g/mol. The summed E-state index contributed by atoms with van der Waals surface area (Å²) in [6.45, 7) is 1.88. The van der Waals surface area contributed by atoms with Gasteiger partial charge < -0.3 is 10.5 Å². The molecular weight excluding hydrogens is 336 g/mol.